The Morgan fingerprint density at radius 1 is 1.16 bits per heavy atom. The van der Waals surface area contributed by atoms with Gasteiger partial charge < -0.3 is 10.5 Å². The minimum Gasteiger partial charge on any atom is -0.376 e. The molecule has 5 nitrogen and oxygen atoms in total. The number of primary amides is 1. The second-order valence-corrected chi connectivity index (χ2v) is 9.46. The highest BCUT2D eigenvalue weighted by Crippen LogP contribution is 2.67. The van der Waals surface area contributed by atoms with Gasteiger partial charge in [0.1, 0.15) is 5.82 Å². The third kappa shape index (κ3) is 3.05. The van der Waals surface area contributed by atoms with Crippen LogP contribution in [0.15, 0.2) is 54.6 Å². The van der Waals surface area contributed by atoms with Crippen molar-refractivity contribution in [2.45, 2.75) is 44.6 Å². The Labute approximate surface area is 186 Å². The van der Waals surface area contributed by atoms with Crippen molar-refractivity contribution in [2.75, 3.05) is 6.61 Å². The zero-order valence-electron chi connectivity index (χ0n) is 18.3. The molecule has 2 aliphatic carbocycles. The summed E-state index contributed by atoms with van der Waals surface area (Å²) in [7, 11) is 0. The van der Waals surface area contributed by atoms with Crippen LogP contribution in [0.25, 0.3) is 11.3 Å². The number of benzene rings is 2. The van der Waals surface area contributed by atoms with Gasteiger partial charge in [0, 0.05) is 16.5 Å². The lowest BCUT2D eigenvalue weighted by Gasteiger charge is -2.37. The molecule has 0 radical (unpaired) electrons. The summed E-state index contributed by atoms with van der Waals surface area (Å²) < 4.78 is 20.5. The van der Waals surface area contributed by atoms with Crippen molar-refractivity contribution in [3.05, 3.63) is 82.8 Å². The van der Waals surface area contributed by atoms with E-state index in [9.17, 15) is 9.18 Å². The van der Waals surface area contributed by atoms with E-state index in [0.29, 0.717) is 36.0 Å². The summed E-state index contributed by atoms with van der Waals surface area (Å²) in [5.74, 6) is -0.382. The molecule has 3 aromatic rings. The quantitative estimate of drug-likeness (QED) is 0.611. The summed E-state index contributed by atoms with van der Waals surface area (Å²) >= 11 is 0. The van der Waals surface area contributed by atoms with Crippen LogP contribution in [-0.4, -0.2) is 22.7 Å². The van der Waals surface area contributed by atoms with Gasteiger partial charge in [0.05, 0.1) is 24.6 Å². The third-order valence-corrected chi connectivity index (χ3v) is 7.62. The minimum atomic E-state index is -0.439. The molecule has 2 bridgehead atoms. The van der Waals surface area contributed by atoms with Crippen molar-refractivity contribution in [3.63, 3.8) is 0 Å². The van der Waals surface area contributed by atoms with E-state index in [4.69, 9.17) is 10.5 Å². The average molecular weight is 432 g/mol. The number of hydrogen-bond donors (Lipinski definition) is 1. The van der Waals surface area contributed by atoms with E-state index in [1.807, 2.05) is 24.3 Å². The number of carbonyl (C=O) groups is 1. The van der Waals surface area contributed by atoms with Crippen molar-refractivity contribution < 1.29 is 13.9 Å². The van der Waals surface area contributed by atoms with Gasteiger partial charge in [0.25, 0.3) is 0 Å². The predicted octanol–water partition coefficient (Wildman–Crippen LogP) is 4.75. The molecule has 5 rings (SSSR count). The molecule has 0 aliphatic heterocycles. The van der Waals surface area contributed by atoms with Gasteiger partial charge in [-0.05, 0) is 65.6 Å². The number of nitrogens with two attached hydrogens (primary N) is 1. The first-order valence-corrected chi connectivity index (χ1v) is 10.9. The van der Waals surface area contributed by atoms with Crippen LogP contribution in [0.5, 0.6) is 0 Å². The molecule has 1 saturated carbocycles. The van der Waals surface area contributed by atoms with Crippen LogP contribution in [0.4, 0.5) is 4.39 Å². The summed E-state index contributed by atoms with van der Waals surface area (Å²) in [6.45, 7) is 5.53. The van der Waals surface area contributed by atoms with Crippen molar-refractivity contribution in [1.29, 1.82) is 0 Å². The zero-order valence-corrected chi connectivity index (χ0v) is 18.3. The number of fused-ring (bicyclic) bond motifs is 5. The van der Waals surface area contributed by atoms with Crippen LogP contribution in [0.2, 0.25) is 0 Å². The average Bonchev–Trinajstić information content (AvgIpc) is 3.14. The Bertz CT molecular complexity index is 1190. The molecule has 2 aliphatic rings. The highest BCUT2D eigenvalue weighted by Gasteiger charge is 2.63. The lowest BCUT2D eigenvalue weighted by atomic mass is 9.69. The second kappa shape index (κ2) is 7.48. The van der Waals surface area contributed by atoms with Crippen LogP contribution >= 0.6 is 0 Å². The summed E-state index contributed by atoms with van der Waals surface area (Å²) in [5, 5.41) is 9.05. The fourth-order valence-corrected chi connectivity index (χ4v) is 5.65. The van der Waals surface area contributed by atoms with Gasteiger partial charge in [-0.2, -0.15) is 10.2 Å². The van der Waals surface area contributed by atoms with E-state index in [2.05, 4.69) is 24.0 Å². The second-order valence-electron chi connectivity index (χ2n) is 9.46. The number of amides is 1. The van der Waals surface area contributed by atoms with Gasteiger partial charge in [-0.1, -0.05) is 38.1 Å². The Morgan fingerprint density at radius 2 is 1.91 bits per heavy atom. The summed E-state index contributed by atoms with van der Waals surface area (Å²) in [6, 6.07) is 15.9. The standard InChI is InChI=1S/C26H26FN3O2/c1-25(2)20-11-12-26(25,15-32-14-16-7-9-17(10-8-16)24(28)31)23-19(20)13-22(29-30-23)18-5-3-4-6-21(18)27/h3-10,13,20H,11-12,14-15H2,1-2H3,(H2,28,31)/t20-,26-/m1/s1. The van der Waals surface area contributed by atoms with Crippen LogP contribution < -0.4 is 5.73 Å². The van der Waals surface area contributed by atoms with E-state index in [1.165, 1.54) is 11.6 Å². The number of halogens is 1. The Kier molecular flexibility index (Phi) is 4.86. The number of aromatic nitrogens is 2. The van der Waals surface area contributed by atoms with Gasteiger partial charge >= 0.3 is 0 Å². The highest BCUT2D eigenvalue weighted by atomic mass is 19.1. The number of nitrogens with zero attached hydrogens (tertiary/aromatic N) is 2. The van der Waals surface area contributed by atoms with Crippen molar-refractivity contribution in [1.82, 2.24) is 10.2 Å². The molecular weight excluding hydrogens is 405 g/mol. The van der Waals surface area contributed by atoms with Gasteiger partial charge in [-0.3, -0.25) is 4.79 Å². The Hall–Kier alpha value is -3.12. The molecular formula is C26H26FN3O2. The first-order valence-electron chi connectivity index (χ1n) is 10.9. The fraction of sp³-hybridized carbons (Fsp3) is 0.346. The predicted molar refractivity (Wildman–Crippen MR) is 119 cm³/mol. The van der Waals surface area contributed by atoms with E-state index < -0.39 is 5.91 Å². The minimum absolute atomic E-state index is 0.0340. The first-order chi connectivity index (χ1) is 15.3. The largest absolute Gasteiger partial charge is 0.376 e. The molecule has 164 valence electrons. The Balaban J connectivity index is 1.41. The van der Waals surface area contributed by atoms with E-state index in [0.717, 1.165) is 24.1 Å². The number of hydrogen-bond acceptors (Lipinski definition) is 4. The maximum atomic E-state index is 14.3. The molecule has 0 spiro atoms. The SMILES string of the molecule is CC1(C)[C@@H]2CC[C@@]1(COCc1ccc(C(N)=O)cc1)c1nnc(-c3ccccc3F)cc12. The summed E-state index contributed by atoms with van der Waals surface area (Å²) in [6.07, 6.45) is 2.05. The molecule has 32 heavy (non-hydrogen) atoms. The Morgan fingerprint density at radius 3 is 2.62 bits per heavy atom. The third-order valence-electron chi connectivity index (χ3n) is 7.62. The van der Waals surface area contributed by atoms with E-state index >= 15 is 0 Å². The van der Waals surface area contributed by atoms with Gasteiger partial charge in [-0.25, -0.2) is 4.39 Å². The topological polar surface area (TPSA) is 78.1 Å². The van der Waals surface area contributed by atoms with Crippen molar-refractivity contribution in [2.24, 2.45) is 11.1 Å². The molecule has 2 aromatic carbocycles. The number of ether oxygens (including phenoxy) is 1. The fourth-order valence-electron chi connectivity index (χ4n) is 5.65. The van der Waals surface area contributed by atoms with Gasteiger partial charge in [-0.15, -0.1) is 0 Å². The smallest absolute Gasteiger partial charge is 0.248 e. The van der Waals surface area contributed by atoms with Crippen molar-refractivity contribution in [3.8, 4) is 11.3 Å². The zero-order chi connectivity index (χ0) is 22.5. The monoisotopic (exact) mass is 431 g/mol. The maximum Gasteiger partial charge on any atom is 0.248 e. The lowest BCUT2D eigenvalue weighted by molar-refractivity contribution is 0.0309. The number of carbonyl (C=O) groups excluding carboxylic acids is 1. The van der Waals surface area contributed by atoms with Gasteiger partial charge in [0.2, 0.25) is 5.91 Å². The summed E-state index contributed by atoms with van der Waals surface area (Å²) in [4.78, 5) is 11.3. The van der Waals surface area contributed by atoms with Crippen LogP contribution in [-0.2, 0) is 16.8 Å². The molecule has 6 heteroatoms. The van der Waals surface area contributed by atoms with E-state index in [-0.39, 0.29) is 16.6 Å². The molecule has 1 amide bonds. The van der Waals surface area contributed by atoms with Crippen LogP contribution in [0, 0.1) is 11.2 Å². The molecule has 0 saturated heterocycles. The normalized spacial score (nSPS) is 22.7. The summed E-state index contributed by atoms with van der Waals surface area (Å²) in [5.41, 5.74) is 9.75. The van der Waals surface area contributed by atoms with Crippen LogP contribution in [0.1, 0.15) is 59.8 Å². The van der Waals surface area contributed by atoms with E-state index in [1.54, 1.807) is 24.3 Å². The van der Waals surface area contributed by atoms with Crippen LogP contribution in [0.3, 0.4) is 0 Å². The molecule has 2 N–H and O–H groups in total. The number of rotatable bonds is 6. The maximum absolute atomic E-state index is 14.3. The molecule has 1 fully saturated rings. The molecule has 1 aromatic heterocycles. The first kappa shape index (κ1) is 20.8. The molecule has 0 unspecified atom stereocenters. The lowest BCUT2D eigenvalue weighted by Crippen LogP contribution is -2.40. The highest BCUT2D eigenvalue weighted by molar-refractivity contribution is 5.92. The van der Waals surface area contributed by atoms with Gasteiger partial charge in [0.15, 0.2) is 0 Å². The van der Waals surface area contributed by atoms with Crippen molar-refractivity contribution >= 4 is 5.91 Å². The molecule has 2 atom stereocenters. The molecule has 1 heterocycles.